The first-order chi connectivity index (χ1) is 18.9. The van der Waals surface area contributed by atoms with Gasteiger partial charge < -0.3 is 25.3 Å². The number of nitrogens with zero attached hydrogens (tertiary/aromatic N) is 2. The maximum absolute atomic E-state index is 14.1. The molecule has 3 N–H and O–H groups in total. The number of ether oxygens (including phenoxy) is 1. The summed E-state index contributed by atoms with van der Waals surface area (Å²) in [6.07, 6.45) is -1.93. The Hall–Kier alpha value is -3.92. The second kappa shape index (κ2) is 11.7. The summed E-state index contributed by atoms with van der Waals surface area (Å²) in [4.78, 5) is 21.7. The molecular formula is C27H30F3N5O4S. The summed E-state index contributed by atoms with van der Waals surface area (Å²) < 4.78 is 71.2. The third-order valence-corrected chi connectivity index (χ3v) is 8.05. The van der Waals surface area contributed by atoms with Crippen molar-refractivity contribution < 1.29 is 31.1 Å². The highest BCUT2D eigenvalue weighted by molar-refractivity contribution is 7.90. The van der Waals surface area contributed by atoms with E-state index in [0.717, 1.165) is 6.26 Å². The number of piperidine rings is 1. The van der Waals surface area contributed by atoms with E-state index in [1.807, 2.05) is 0 Å². The molecule has 1 unspecified atom stereocenters. The highest BCUT2D eigenvalue weighted by atomic mass is 32.2. The van der Waals surface area contributed by atoms with Crippen molar-refractivity contribution in [2.24, 2.45) is 11.8 Å². The van der Waals surface area contributed by atoms with Crippen LogP contribution in [0, 0.1) is 23.8 Å². The van der Waals surface area contributed by atoms with Gasteiger partial charge in [0.2, 0.25) is 0 Å². The minimum Gasteiger partial charge on any atom is -0.495 e. The highest BCUT2D eigenvalue weighted by Crippen LogP contribution is 2.35. The number of amides is 1. The number of hydrogen-bond acceptors (Lipinski definition) is 7. The molecule has 3 aromatic rings. The number of rotatable bonds is 7. The normalized spacial score (nSPS) is 18.5. The molecule has 214 valence electrons. The molecule has 40 heavy (non-hydrogen) atoms. The van der Waals surface area contributed by atoms with Crippen molar-refractivity contribution in [2.75, 3.05) is 38.3 Å². The van der Waals surface area contributed by atoms with Gasteiger partial charge in [-0.1, -0.05) is 18.9 Å². The molecule has 1 aromatic heterocycles. The molecule has 0 saturated carbocycles. The van der Waals surface area contributed by atoms with E-state index in [-0.39, 0.29) is 23.4 Å². The Morgan fingerprint density at radius 1 is 1.30 bits per heavy atom. The molecule has 13 heteroatoms. The number of nitrogens with one attached hydrogen (secondary N) is 3. The molecule has 2 aromatic carbocycles. The van der Waals surface area contributed by atoms with E-state index < -0.39 is 39.8 Å². The fraction of sp³-hybridized carbons (Fsp3) is 0.407. The summed E-state index contributed by atoms with van der Waals surface area (Å²) >= 11 is 0. The van der Waals surface area contributed by atoms with Crippen LogP contribution in [-0.2, 0) is 9.84 Å². The number of hydrogen-bond donors (Lipinski definition) is 3. The number of para-hydroxylation sites is 1. The number of sulfone groups is 1. The van der Waals surface area contributed by atoms with Crippen molar-refractivity contribution in [2.45, 2.75) is 30.5 Å². The molecule has 1 saturated heterocycles. The molecule has 1 aliphatic heterocycles. The third-order valence-electron chi connectivity index (χ3n) is 6.94. The average Bonchev–Trinajstić information content (AvgIpc) is 3.38. The minimum atomic E-state index is -4.63. The van der Waals surface area contributed by atoms with Crippen LogP contribution in [-0.4, -0.2) is 74.4 Å². The van der Waals surface area contributed by atoms with Gasteiger partial charge in [0.1, 0.15) is 17.3 Å². The molecular weight excluding hydrogens is 547 g/mol. The quantitative estimate of drug-likeness (QED) is 0.367. The van der Waals surface area contributed by atoms with Gasteiger partial charge in [-0.25, -0.2) is 13.4 Å². The van der Waals surface area contributed by atoms with E-state index in [0.29, 0.717) is 35.6 Å². The van der Waals surface area contributed by atoms with Gasteiger partial charge in [0.15, 0.2) is 9.84 Å². The summed E-state index contributed by atoms with van der Waals surface area (Å²) in [7, 11) is -1.96. The minimum absolute atomic E-state index is 0.0824. The van der Waals surface area contributed by atoms with E-state index in [1.165, 1.54) is 31.6 Å². The van der Waals surface area contributed by atoms with Gasteiger partial charge in [0, 0.05) is 31.5 Å². The Labute approximate surface area is 230 Å². The van der Waals surface area contributed by atoms with Gasteiger partial charge >= 0.3 is 6.18 Å². The zero-order valence-corrected chi connectivity index (χ0v) is 23.0. The molecule has 0 spiro atoms. The average molecular weight is 578 g/mol. The standard InChI is InChI=1S/C27H30F3N5O4S/c1-17-15-35(12-5-11-31-21-9-8-18(40(3,37)38)14-23(21)39-2)13-10-19(17)25(27(28,29)30)34-26(36)20-6-4-7-22-24(20)33-16-32-22/h4,6-9,14,16-17,19,25,31H,10-11,13,15H2,1-3H3,(H,32,33)(H,34,36)/t17-,19+,25?/m1/s1. The predicted molar refractivity (Wildman–Crippen MR) is 145 cm³/mol. The van der Waals surface area contributed by atoms with E-state index in [2.05, 4.69) is 32.6 Å². The number of carbonyl (C=O) groups excluding carboxylic acids is 1. The number of methoxy groups -OCH3 is 1. The van der Waals surface area contributed by atoms with E-state index in [1.54, 1.807) is 30.0 Å². The fourth-order valence-electron chi connectivity index (χ4n) is 4.90. The van der Waals surface area contributed by atoms with Crippen molar-refractivity contribution in [3.05, 3.63) is 48.3 Å². The molecule has 0 radical (unpaired) electrons. The maximum atomic E-state index is 14.1. The van der Waals surface area contributed by atoms with Gasteiger partial charge in [0.05, 0.1) is 41.6 Å². The third kappa shape index (κ3) is 6.62. The number of H-pyrrole nitrogens is 1. The maximum Gasteiger partial charge on any atom is 0.408 e. The molecule has 0 aliphatic carbocycles. The number of fused-ring (bicyclic) bond motifs is 1. The van der Waals surface area contributed by atoms with Gasteiger partial charge in [-0.05, 0) is 42.5 Å². The number of aromatic nitrogens is 2. The predicted octanol–water partition coefficient (Wildman–Crippen LogP) is 3.67. The summed E-state index contributed by atoms with van der Waals surface area (Å²) in [6.45, 7) is 2.56. The van der Waals surface area contributed by atoms with Crippen molar-refractivity contribution in [3.8, 4) is 17.7 Å². The first-order valence-electron chi connectivity index (χ1n) is 12.5. The Bertz CT molecular complexity index is 1540. The fourth-order valence-corrected chi connectivity index (χ4v) is 5.54. The molecule has 3 atom stereocenters. The molecule has 0 bridgehead atoms. The number of benzene rings is 2. The van der Waals surface area contributed by atoms with Crippen molar-refractivity contribution in [1.29, 1.82) is 0 Å². The molecule has 4 rings (SSSR count). The van der Waals surface area contributed by atoms with Crippen LogP contribution in [0.15, 0.2) is 47.6 Å². The summed E-state index contributed by atoms with van der Waals surface area (Å²) in [6, 6.07) is 10.2. The Morgan fingerprint density at radius 2 is 2.08 bits per heavy atom. The summed E-state index contributed by atoms with van der Waals surface area (Å²) in [5.41, 5.74) is 1.52. The van der Waals surface area contributed by atoms with Crippen LogP contribution in [0.4, 0.5) is 18.9 Å². The first-order valence-corrected chi connectivity index (χ1v) is 14.4. The van der Waals surface area contributed by atoms with Gasteiger partial charge in [-0.15, -0.1) is 0 Å². The number of likely N-dealkylation sites (tertiary alicyclic amines) is 1. The molecule has 1 amide bonds. The molecule has 1 fully saturated rings. The number of imidazole rings is 1. The van der Waals surface area contributed by atoms with E-state index >= 15 is 0 Å². The van der Waals surface area contributed by atoms with Crippen LogP contribution in [0.25, 0.3) is 11.0 Å². The van der Waals surface area contributed by atoms with Gasteiger partial charge in [-0.3, -0.25) is 4.79 Å². The van der Waals surface area contributed by atoms with E-state index in [9.17, 15) is 26.4 Å². The number of halogens is 3. The van der Waals surface area contributed by atoms with Crippen molar-refractivity contribution in [3.63, 3.8) is 0 Å². The van der Waals surface area contributed by atoms with Crippen molar-refractivity contribution >= 4 is 32.5 Å². The van der Waals surface area contributed by atoms with E-state index in [4.69, 9.17) is 4.74 Å². The van der Waals surface area contributed by atoms with Crippen LogP contribution < -0.4 is 15.4 Å². The number of anilines is 1. The van der Waals surface area contributed by atoms with Crippen LogP contribution in [0.1, 0.15) is 23.7 Å². The Kier molecular flexibility index (Phi) is 8.48. The zero-order valence-electron chi connectivity index (χ0n) is 22.2. The molecule has 9 nitrogen and oxygen atoms in total. The van der Waals surface area contributed by atoms with Gasteiger partial charge in [-0.2, -0.15) is 13.2 Å². The SMILES string of the molecule is COc1cc(S(C)(=O)=O)ccc1NCC#CN1CC[C@H](C(NC(=O)c2cccc3[nH]cnc23)C(F)(F)F)[C@H](C)C1. The lowest BCUT2D eigenvalue weighted by Gasteiger charge is -2.40. The number of alkyl halides is 3. The Balaban J connectivity index is 1.38. The molecule has 1 aliphatic rings. The zero-order chi connectivity index (χ0) is 29.1. The lowest BCUT2D eigenvalue weighted by Crippen LogP contribution is -2.55. The first kappa shape index (κ1) is 29.1. The Morgan fingerprint density at radius 3 is 2.75 bits per heavy atom. The highest BCUT2D eigenvalue weighted by Gasteiger charge is 2.48. The van der Waals surface area contributed by atoms with Gasteiger partial charge in [0.25, 0.3) is 5.91 Å². The van der Waals surface area contributed by atoms with Crippen LogP contribution in [0.3, 0.4) is 0 Å². The summed E-state index contributed by atoms with van der Waals surface area (Å²) in [5.74, 6) is 1.26. The lowest BCUT2D eigenvalue weighted by molar-refractivity contribution is -0.172. The van der Waals surface area contributed by atoms with Crippen LogP contribution in [0.5, 0.6) is 5.75 Å². The lowest BCUT2D eigenvalue weighted by atomic mass is 9.81. The largest absolute Gasteiger partial charge is 0.495 e. The second-order valence-corrected chi connectivity index (χ2v) is 11.8. The summed E-state index contributed by atoms with van der Waals surface area (Å²) in [5, 5.41) is 5.30. The van der Waals surface area contributed by atoms with Crippen molar-refractivity contribution in [1.82, 2.24) is 20.2 Å². The topological polar surface area (TPSA) is 116 Å². The smallest absolute Gasteiger partial charge is 0.408 e. The molecule has 2 heterocycles. The number of carbonyl (C=O) groups is 1. The van der Waals surface area contributed by atoms with Crippen LogP contribution >= 0.6 is 0 Å². The number of aromatic amines is 1. The second-order valence-electron chi connectivity index (χ2n) is 9.75. The monoisotopic (exact) mass is 577 g/mol. The van der Waals surface area contributed by atoms with Crippen LogP contribution in [0.2, 0.25) is 0 Å².